The van der Waals surface area contributed by atoms with Gasteiger partial charge >= 0.3 is 0 Å². The third-order valence-corrected chi connectivity index (χ3v) is 6.52. The number of nitrogens with one attached hydrogen (secondary N) is 2. The minimum absolute atomic E-state index is 0.0393. The molecule has 2 amide bonds. The molecule has 0 spiro atoms. The van der Waals surface area contributed by atoms with E-state index in [1.165, 1.54) is 11.1 Å². The minimum atomic E-state index is -0.645. The molecule has 2 aromatic rings. The van der Waals surface area contributed by atoms with Gasteiger partial charge in [0.1, 0.15) is 5.75 Å². The Labute approximate surface area is 190 Å². The number of hydrogen-bond acceptors (Lipinski definition) is 4. The van der Waals surface area contributed by atoms with E-state index in [1.54, 1.807) is 0 Å². The summed E-state index contributed by atoms with van der Waals surface area (Å²) in [7, 11) is 0. The number of carbonyl (C=O) groups is 2. The molecule has 2 N–H and O–H groups in total. The smallest absolute Gasteiger partial charge is 0.263 e. The number of benzene rings is 2. The summed E-state index contributed by atoms with van der Waals surface area (Å²) < 4.78 is 6.01. The molecule has 1 heterocycles. The maximum Gasteiger partial charge on any atom is 0.263 e. The molecule has 170 valence electrons. The lowest BCUT2D eigenvalue weighted by Gasteiger charge is -2.36. The van der Waals surface area contributed by atoms with Crippen LogP contribution in [-0.2, 0) is 16.0 Å². The molecule has 32 heavy (non-hydrogen) atoms. The van der Waals surface area contributed by atoms with Crippen LogP contribution >= 0.6 is 0 Å². The molecule has 0 bridgehead atoms. The van der Waals surface area contributed by atoms with Crippen molar-refractivity contribution in [2.24, 2.45) is 0 Å². The quantitative estimate of drug-likeness (QED) is 0.695. The van der Waals surface area contributed by atoms with Crippen molar-refractivity contribution in [2.75, 3.05) is 18.0 Å². The first-order valence-corrected chi connectivity index (χ1v) is 11.8. The van der Waals surface area contributed by atoms with Gasteiger partial charge in [0.15, 0.2) is 6.10 Å². The summed E-state index contributed by atoms with van der Waals surface area (Å²) in [6.07, 6.45) is 4.19. The van der Waals surface area contributed by atoms with Crippen LogP contribution in [0.3, 0.4) is 0 Å². The van der Waals surface area contributed by atoms with E-state index >= 15 is 0 Å². The summed E-state index contributed by atoms with van der Waals surface area (Å²) in [6, 6.07) is 16.1. The van der Waals surface area contributed by atoms with Gasteiger partial charge in [0.05, 0.1) is 24.8 Å². The third kappa shape index (κ3) is 4.90. The lowest BCUT2D eigenvalue weighted by Crippen LogP contribution is -2.53. The molecule has 1 aliphatic carbocycles. The molecule has 1 aliphatic heterocycles. The molecule has 2 aromatic carbocycles. The SMILES string of the molecule is CCC(CC)NC(=O)C1CN(CC(=O)NC2CCCc3ccccc32)c2ccccc2O1. The van der Waals surface area contributed by atoms with E-state index in [9.17, 15) is 9.59 Å². The second-order valence-corrected chi connectivity index (χ2v) is 8.69. The Morgan fingerprint density at radius 2 is 1.84 bits per heavy atom. The highest BCUT2D eigenvalue weighted by Gasteiger charge is 2.32. The van der Waals surface area contributed by atoms with Gasteiger partial charge in [0.2, 0.25) is 5.91 Å². The predicted molar refractivity (Wildman–Crippen MR) is 126 cm³/mol. The number of para-hydroxylation sites is 2. The molecule has 0 aromatic heterocycles. The number of nitrogens with zero attached hydrogens (tertiary/aromatic N) is 1. The average Bonchev–Trinajstić information content (AvgIpc) is 2.82. The second-order valence-electron chi connectivity index (χ2n) is 8.69. The first-order chi connectivity index (χ1) is 15.6. The third-order valence-electron chi connectivity index (χ3n) is 6.52. The first kappa shape index (κ1) is 22.2. The van der Waals surface area contributed by atoms with Gasteiger partial charge in [-0.1, -0.05) is 50.2 Å². The zero-order valence-corrected chi connectivity index (χ0v) is 19.0. The lowest BCUT2D eigenvalue weighted by molar-refractivity contribution is -0.129. The van der Waals surface area contributed by atoms with Crippen molar-refractivity contribution < 1.29 is 14.3 Å². The Morgan fingerprint density at radius 1 is 1.09 bits per heavy atom. The van der Waals surface area contributed by atoms with Crippen LogP contribution in [0.15, 0.2) is 48.5 Å². The molecule has 0 fully saturated rings. The van der Waals surface area contributed by atoms with Gasteiger partial charge in [0, 0.05) is 6.04 Å². The van der Waals surface area contributed by atoms with Crippen molar-refractivity contribution in [3.63, 3.8) is 0 Å². The summed E-state index contributed by atoms with van der Waals surface area (Å²) in [4.78, 5) is 27.9. The molecular formula is C26H33N3O3. The fraction of sp³-hybridized carbons (Fsp3) is 0.462. The number of ether oxygens (including phenoxy) is 1. The van der Waals surface area contributed by atoms with Crippen molar-refractivity contribution in [1.29, 1.82) is 0 Å². The van der Waals surface area contributed by atoms with E-state index in [0.717, 1.165) is 37.8 Å². The van der Waals surface area contributed by atoms with E-state index in [0.29, 0.717) is 12.3 Å². The molecule has 0 saturated carbocycles. The van der Waals surface area contributed by atoms with E-state index in [1.807, 2.05) is 35.2 Å². The van der Waals surface area contributed by atoms with Crippen molar-refractivity contribution in [1.82, 2.24) is 10.6 Å². The van der Waals surface area contributed by atoms with Gasteiger partial charge in [-0.3, -0.25) is 9.59 Å². The number of hydrogen-bond donors (Lipinski definition) is 2. The van der Waals surface area contributed by atoms with Gasteiger partial charge in [-0.2, -0.15) is 0 Å². The Morgan fingerprint density at radius 3 is 2.66 bits per heavy atom. The number of amides is 2. The molecule has 2 aliphatic rings. The first-order valence-electron chi connectivity index (χ1n) is 11.8. The maximum absolute atomic E-state index is 13.1. The molecule has 2 unspecified atom stereocenters. The van der Waals surface area contributed by atoms with E-state index in [4.69, 9.17) is 4.74 Å². The number of anilines is 1. The highest BCUT2D eigenvalue weighted by molar-refractivity contribution is 5.86. The summed E-state index contributed by atoms with van der Waals surface area (Å²) in [5, 5.41) is 6.30. The highest BCUT2D eigenvalue weighted by atomic mass is 16.5. The summed E-state index contributed by atoms with van der Waals surface area (Å²) in [5.74, 6) is 0.474. The summed E-state index contributed by atoms with van der Waals surface area (Å²) in [6.45, 7) is 4.66. The van der Waals surface area contributed by atoms with Crippen LogP contribution in [0.5, 0.6) is 5.75 Å². The number of aryl methyl sites for hydroxylation is 1. The van der Waals surface area contributed by atoms with Gasteiger partial charge in [-0.15, -0.1) is 0 Å². The van der Waals surface area contributed by atoms with Gasteiger partial charge in [0.25, 0.3) is 5.91 Å². The van der Waals surface area contributed by atoms with Gasteiger partial charge < -0.3 is 20.3 Å². The van der Waals surface area contributed by atoms with Crippen molar-refractivity contribution >= 4 is 17.5 Å². The van der Waals surface area contributed by atoms with Crippen LogP contribution in [-0.4, -0.2) is 37.0 Å². The van der Waals surface area contributed by atoms with Crippen LogP contribution in [0.1, 0.15) is 56.7 Å². The molecule has 2 atom stereocenters. The van der Waals surface area contributed by atoms with E-state index in [2.05, 4.69) is 42.7 Å². The molecule has 4 rings (SSSR count). The van der Waals surface area contributed by atoms with Crippen LogP contribution in [0.2, 0.25) is 0 Å². The number of fused-ring (bicyclic) bond motifs is 2. The molecule has 0 radical (unpaired) electrons. The molecule has 6 nitrogen and oxygen atoms in total. The van der Waals surface area contributed by atoms with E-state index < -0.39 is 6.10 Å². The predicted octanol–water partition coefficient (Wildman–Crippen LogP) is 3.75. The van der Waals surface area contributed by atoms with Crippen molar-refractivity contribution in [2.45, 2.75) is 64.1 Å². The normalized spacial score (nSPS) is 19.5. The van der Waals surface area contributed by atoms with Crippen LogP contribution in [0, 0.1) is 0 Å². The van der Waals surface area contributed by atoms with Crippen LogP contribution < -0.4 is 20.3 Å². The maximum atomic E-state index is 13.1. The zero-order chi connectivity index (χ0) is 22.5. The second kappa shape index (κ2) is 10.1. The van der Waals surface area contributed by atoms with Gasteiger partial charge in [-0.05, 0) is 55.4 Å². The summed E-state index contributed by atoms with van der Waals surface area (Å²) >= 11 is 0. The largest absolute Gasteiger partial charge is 0.477 e. The van der Waals surface area contributed by atoms with Crippen LogP contribution in [0.4, 0.5) is 5.69 Å². The molecular weight excluding hydrogens is 402 g/mol. The monoisotopic (exact) mass is 435 g/mol. The van der Waals surface area contributed by atoms with Crippen molar-refractivity contribution in [3.8, 4) is 5.75 Å². The van der Waals surface area contributed by atoms with Crippen LogP contribution in [0.25, 0.3) is 0 Å². The fourth-order valence-corrected chi connectivity index (χ4v) is 4.70. The topological polar surface area (TPSA) is 70.7 Å². The van der Waals surface area contributed by atoms with Gasteiger partial charge in [-0.25, -0.2) is 0 Å². The minimum Gasteiger partial charge on any atom is -0.477 e. The molecule has 6 heteroatoms. The highest BCUT2D eigenvalue weighted by Crippen LogP contribution is 2.33. The Kier molecular flexibility index (Phi) is 6.98. The Bertz CT molecular complexity index is 957. The Hall–Kier alpha value is -3.02. The Balaban J connectivity index is 1.46. The average molecular weight is 436 g/mol. The number of rotatable bonds is 7. The zero-order valence-electron chi connectivity index (χ0n) is 19.0. The van der Waals surface area contributed by atoms with E-state index in [-0.39, 0.29) is 30.4 Å². The summed E-state index contributed by atoms with van der Waals surface area (Å²) in [5.41, 5.74) is 3.38. The lowest BCUT2D eigenvalue weighted by atomic mass is 9.88. The fourth-order valence-electron chi connectivity index (χ4n) is 4.70. The standard InChI is InChI=1S/C26H33N3O3/c1-3-19(4-2)27-26(31)24-16-29(22-14-7-8-15-23(22)32-24)17-25(30)28-21-13-9-11-18-10-5-6-12-20(18)21/h5-8,10,12,14-15,19,21,24H,3-4,9,11,13,16-17H2,1-2H3,(H,27,31)(H,28,30). The number of carbonyl (C=O) groups excluding carboxylic acids is 2. The van der Waals surface area contributed by atoms with Crippen molar-refractivity contribution in [3.05, 3.63) is 59.7 Å². The molecule has 0 saturated heterocycles.